The molecule has 0 aromatic heterocycles. The molecule has 0 amide bonds. The van der Waals surface area contributed by atoms with Gasteiger partial charge in [-0.3, -0.25) is 4.79 Å². The third kappa shape index (κ3) is 1.99. The van der Waals surface area contributed by atoms with Gasteiger partial charge in [-0.2, -0.15) is 0 Å². The summed E-state index contributed by atoms with van der Waals surface area (Å²) in [6, 6.07) is 0. The van der Waals surface area contributed by atoms with Crippen LogP contribution in [0, 0.1) is 34.5 Å². The Balaban J connectivity index is 1.72. The molecule has 0 spiro atoms. The second-order valence-electron chi connectivity index (χ2n) is 8.93. The van der Waals surface area contributed by atoms with E-state index in [1.165, 1.54) is 32.1 Å². The van der Waals surface area contributed by atoms with Crippen LogP contribution in [0.15, 0.2) is 23.8 Å². The minimum atomic E-state index is -0.932. The molecule has 4 rings (SSSR count). The number of allylic oxidation sites excluding steroid dienone is 4. The standard InChI is InChI=1S/C21H29FO/c1-4-13-5-6-16-15-12-19(22)18-11-14(23)7-9-21(18,3)17(15)8-10-20(13,16)2/h7,9,11,13,15-17,19H,4-6,8,10,12H2,1-3H3/t13-,15-,16-,17-,19-,20+,21+/m0/s1. The van der Waals surface area contributed by atoms with Crippen molar-refractivity contribution in [3.63, 3.8) is 0 Å². The molecule has 0 bridgehead atoms. The van der Waals surface area contributed by atoms with E-state index in [1.807, 2.05) is 6.08 Å². The van der Waals surface area contributed by atoms with Gasteiger partial charge in [0.25, 0.3) is 0 Å². The van der Waals surface area contributed by atoms with Crippen molar-refractivity contribution in [2.45, 2.75) is 65.5 Å². The molecule has 4 aliphatic rings. The van der Waals surface area contributed by atoms with E-state index in [4.69, 9.17) is 0 Å². The maximum absolute atomic E-state index is 15.0. The van der Waals surface area contributed by atoms with Crippen LogP contribution in [-0.2, 0) is 4.79 Å². The fourth-order valence-corrected chi connectivity index (χ4v) is 6.98. The van der Waals surface area contributed by atoms with Crippen LogP contribution in [0.1, 0.15) is 59.3 Å². The number of alkyl halides is 1. The highest BCUT2D eigenvalue weighted by Gasteiger charge is 2.59. The van der Waals surface area contributed by atoms with Crippen LogP contribution < -0.4 is 0 Å². The molecule has 1 nitrogen and oxygen atoms in total. The van der Waals surface area contributed by atoms with Crippen molar-refractivity contribution in [1.29, 1.82) is 0 Å². The SMILES string of the molecule is CC[C@H]1CC[C@H]2[C@@H]3C[C@H](F)C4=CC(=O)C=C[C@]4(C)[C@H]3CC[C@]12C. The normalized spacial score (nSPS) is 51.7. The van der Waals surface area contributed by atoms with Gasteiger partial charge in [0, 0.05) is 5.41 Å². The van der Waals surface area contributed by atoms with E-state index in [1.54, 1.807) is 12.2 Å². The van der Waals surface area contributed by atoms with Crippen LogP contribution in [0.4, 0.5) is 4.39 Å². The third-order valence-corrected chi connectivity index (χ3v) is 8.23. The predicted molar refractivity (Wildman–Crippen MR) is 90.7 cm³/mol. The number of rotatable bonds is 1. The smallest absolute Gasteiger partial charge is 0.178 e. The Morgan fingerprint density at radius 1 is 1.22 bits per heavy atom. The third-order valence-electron chi connectivity index (χ3n) is 8.23. The van der Waals surface area contributed by atoms with Crippen LogP contribution in [-0.4, -0.2) is 12.0 Å². The van der Waals surface area contributed by atoms with Gasteiger partial charge in [0.1, 0.15) is 6.17 Å². The largest absolute Gasteiger partial charge is 0.290 e. The van der Waals surface area contributed by atoms with Crippen LogP contribution in [0.3, 0.4) is 0 Å². The summed E-state index contributed by atoms with van der Waals surface area (Å²) in [4.78, 5) is 11.8. The summed E-state index contributed by atoms with van der Waals surface area (Å²) >= 11 is 0. The van der Waals surface area contributed by atoms with E-state index in [2.05, 4.69) is 20.8 Å². The molecular formula is C21H29FO. The zero-order valence-corrected chi connectivity index (χ0v) is 14.6. The number of halogens is 1. The lowest BCUT2D eigenvalue weighted by atomic mass is 9.47. The number of hydrogen-bond acceptors (Lipinski definition) is 1. The van der Waals surface area contributed by atoms with Gasteiger partial charge >= 0.3 is 0 Å². The number of carbonyl (C=O) groups excluding carboxylic acids is 1. The van der Waals surface area contributed by atoms with Gasteiger partial charge in [0.2, 0.25) is 0 Å². The lowest BCUT2D eigenvalue weighted by molar-refractivity contribution is -0.111. The van der Waals surface area contributed by atoms with Gasteiger partial charge in [0.05, 0.1) is 0 Å². The fourth-order valence-electron chi connectivity index (χ4n) is 6.98. The van der Waals surface area contributed by atoms with Gasteiger partial charge < -0.3 is 0 Å². The summed E-state index contributed by atoms with van der Waals surface area (Å²) in [5, 5.41) is 0. The molecule has 0 aromatic carbocycles. The van der Waals surface area contributed by atoms with Crippen LogP contribution in [0.25, 0.3) is 0 Å². The molecule has 0 radical (unpaired) electrons. The molecule has 0 aliphatic heterocycles. The van der Waals surface area contributed by atoms with Gasteiger partial charge in [0.15, 0.2) is 5.78 Å². The lowest BCUT2D eigenvalue weighted by Gasteiger charge is -2.57. The molecule has 126 valence electrons. The number of hydrogen-bond donors (Lipinski definition) is 0. The summed E-state index contributed by atoms with van der Waals surface area (Å²) in [7, 11) is 0. The molecule has 3 saturated carbocycles. The molecule has 4 aliphatic carbocycles. The minimum Gasteiger partial charge on any atom is -0.290 e. The minimum absolute atomic E-state index is 0.0360. The zero-order chi connectivity index (χ0) is 16.4. The molecule has 0 N–H and O–H groups in total. The van der Waals surface area contributed by atoms with Gasteiger partial charge in [-0.15, -0.1) is 0 Å². The van der Waals surface area contributed by atoms with Crippen molar-refractivity contribution in [2.24, 2.45) is 34.5 Å². The second-order valence-corrected chi connectivity index (χ2v) is 8.93. The molecule has 3 fully saturated rings. The topological polar surface area (TPSA) is 17.1 Å². The molecular weight excluding hydrogens is 287 g/mol. The fraction of sp³-hybridized carbons (Fsp3) is 0.762. The van der Waals surface area contributed by atoms with Crippen molar-refractivity contribution < 1.29 is 9.18 Å². The molecule has 2 heteroatoms. The van der Waals surface area contributed by atoms with Crippen molar-refractivity contribution in [2.75, 3.05) is 0 Å². The average molecular weight is 316 g/mol. The van der Waals surface area contributed by atoms with E-state index in [0.29, 0.717) is 29.6 Å². The number of ketones is 1. The monoisotopic (exact) mass is 316 g/mol. The molecule has 0 unspecified atom stereocenters. The Kier molecular flexibility index (Phi) is 3.42. The molecule has 0 heterocycles. The van der Waals surface area contributed by atoms with E-state index >= 15 is 4.39 Å². The zero-order valence-electron chi connectivity index (χ0n) is 14.6. The highest BCUT2D eigenvalue weighted by atomic mass is 19.1. The second kappa shape index (κ2) is 5.04. The molecule has 7 atom stereocenters. The quantitative estimate of drug-likeness (QED) is 0.644. The molecule has 23 heavy (non-hydrogen) atoms. The predicted octanol–water partition coefficient (Wildman–Crippen LogP) is 5.27. The number of carbonyl (C=O) groups is 1. The van der Waals surface area contributed by atoms with Crippen molar-refractivity contribution in [3.8, 4) is 0 Å². The van der Waals surface area contributed by atoms with Gasteiger partial charge in [-0.05, 0) is 78.9 Å². The van der Waals surface area contributed by atoms with Crippen LogP contribution in [0.5, 0.6) is 0 Å². The Hall–Kier alpha value is -0.920. The average Bonchev–Trinajstić information content (AvgIpc) is 2.86. The molecule has 0 saturated heterocycles. The molecule has 0 aromatic rings. The van der Waals surface area contributed by atoms with Crippen molar-refractivity contribution in [1.82, 2.24) is 0 Å². The van der Waals surface area contributed by atoms with E-state index < -0.39 is 6.17 Å². The summed E-state index contributed by atoms with van der Waals surface area (Å²) in [5.41, 5.74) is 0.948. The Morgan fingerprint density at radius 2 is 2.00 bits per heavy atom. The summed E-state index contributed by atoms with van der Waals surface area (Å²) < 4.78 is 15.0. The van der Waals surface area contributed by atoms with E-state index in [-0.39, 0.29) is 11.2 Å². The summed E-state index contributed by atoms with van der Waals surface area (Å²) in [6.45, 7) is 6.98. The first-order valence-electron chi connectivity index (χ1n) is 9.49. The van der Waals surface area contributed by atoms with Gasteiger partial charge in [-0.1, -0.05) is 33.3 Å². The Morgan fingerprint density at radius 3 is 2.74 bits per heavy atom. The summed E-state index contributed by atoms with van der Waals surface area (Å²) in [5.74, 6) is 2.46. The first kappa shape index (κ1) is 15.6. The van der Waals surface area contributed by atoms with Gasteiger partial charge in [-0.25, -0.2) is 4.39 Å². The maximum atomic E-state index is 15.0. The first-order chi connectivity index (χ1) is 10.9. The summed E-state index contributed by atoms with van der Waals surface area (Å²) in [6.07, 6.45) is 11.3. The highest BCUT2D eigenvalue weighted by Crippen LogP contribution is 2.66. The number of fused-ring (bicyclic) bond motifs is 5. The van der Waals surface area contributed by atoms with Crippen LogP contribution in [0.2, 0.25) is 0 Å². The van der Waals surface area contributed by atoms with E-state index in [0.717, 1.165) is 11.5 Å². The Labute approximate surface area is 139 Å². The van der Waals surface area contributed by atoms with E-state index in [9.17, 15) is 4.79 Å². The maximum Gasteiger partial charge on any atom is 0.178 e. The first-order valence-corrected chi connectivity index (χ1v) is 9.49. The lowest BCUT2D eigenvalue weighted by Crippen LogP contribution is -2.52. The Bertz CT molecular complexity index is 591. The van der Waals surface area contributed by atoms with Crippen LogP contribution >= 0.6 is 0 Å². The van der Waals surface area contributed by atoms with Crippen molar-refractivity contribution >= 4 is 5.78 Å². The highest BCUT2D eigenvalue weighted by molar-refractivity contribution is 6.01. The van der Waals surface area contributed by atoms with Crippen molar-refractivity contribution in [3.05, 3.63) is 23.8 Å².